The maximum Gasteiger partial charge on any atom is 0.260 e. The molecule has 0 unspecified atom stereocenters. The van der Waals surface area contributed by atoms with Crippen LogP contribution in [0.25, 0.3) is 0 Å². The van der Waals surface area contributed by atoms with Crippen molar-refractivity contribution in [1.82, 2.24) is 9.80 Å². The first kappa shape index (κ1) is 19.0. The van der Waals surface area contributed by atoms with Crippen LogP contribution in [-0.4, -0.2) is 48.5 Å². The minimum Gasteiger partial charge on any atom is -0.482 e. The SMILES string of the molecule is O=C(COc1ccc(F)cc1Cl)N1CCN(Cc2ccc(Cl)cc2)CC1. The molecule has 0 aromatic heterocycles. The molecule has 0 saturated carbocycles. The lowest BCUT2D eigenvalue weighted by Crippen LogP contribution is -2.49. The van der Waals surface area contributed by atoms with Gasteiger partial charge < -0.3 is 9.64 Å². The molecule has 1 aliphatic rings. The maximum absolute atomic E-state index is 13.0. The third kappa shape index (κ3) is 5.10. The molecule has 3 rings (SSSR count). The highest BCUT2D eigenvalue weighted by molar-refractivity contribution is 6.32. The highest BCUT2D eigenvalue weighted by atomic mass is 35.5. The quantitative estimate of drug-likeness (QED) is 0.769. The van der Waals surface area contributed by atoms with Gasteiger partial charge in [0.15, 0.2) is 6.61 Å². The highest BCUT2D eigenvalue weighted by Gasteiger charge is 2.21. The number of halogens is 3. The molecule has 0 radical (unpaired) electrons. The van der Waals surface area contributed by atoms with Crippen molar-refractivity contribution in [3.63, 3.8) is 0 Å². The van der Waals surface area contributed by atoms with Gasteiger partial charge in [0, 0.05) is 37.7 Å². The van der Waals surface area contributed by atoms with Gasteiger partial charge in [-0.1, -0.05) is 35.3 Å². The first-order valence-electron chi connectivity index (χ1n) is 8.34. The fourth-order valence-electron chi connectivity index (χ4n) is 2.83. The van der Waals surface area contributed by atoms with Gasteiger partial charge in [0.1, 0.15) is 11.6 Å². The van der Waals surface area contributed by atoms with Gasteiger partial charge in [-0.2, -0.15) is 0 Å². The predicted molar refractivity (Wildman–Crippen MR) is 100 cm³/mol. The Bertz CT molecular complexity index is 763. The van der Waals surface area contributed by atoms with Crippen LogP contribution in [0.3, 0.4) is 0 Å². The second-order valence-electron chi connectivity index (χ2n) is 6.15. The van der Waals surface area contributed by atoms with Crippen molar-refractivity contribution in [2.75, 3.05) is 32.8 Å². The van der Waals surface area contributed by atoms with Crippen molar-refractivity contribution in [2.24, 2.45) is 0 Å². The van der Waals surface area contributed by atoms with E-state index in [-0.39, 0.29) is 17.5 Å². The number of rotatable bonds is 5. The third-order valence-electron chi connectivity index (χ3n) is 4.29. The Morgan fingerprint density at radius 3 is 2.38 bits per heavy atom. The summed E-state index contributed by atoms with van der Waals surface area (Å²) in [6.45, 7) is 3.61. The van der Waals surface area contributed by atoms with E-state index in [1.54, 1.807) is 4.90 Å². The average molecular weight is 397 g/mol. The summed E-state index contributed by atoms with van der Waals surface area (Å²) < 4.78 is 18.4. The molecule has 2 aromatic carbocycles. The van der Waals surface area contributed by atoms with Crippen LogP contribution in [0.4, 0.5) is 4.39 Å². The van der Waals surface area contributed by atoms with Gasteiger partial charge in [0.25, 0.3) is 5.91 Å². The number of piperazine rings is 1. The van der Waals surface area contributed by atoms with Gasteiger partial charge in [-0.25, -0.2) is 4.39 Å². The normalized spacial score (nSPS) is 15.1. The van der Waals surface area contributed by atoms with Crippen molar-refractivity contribution in [1.29, 1.82) is 0 Å². The molecule has 4 nitrogen and oxygen atoms in total. The zero-order chi connectivity index (χ0) is 18.5. The van der Waals surface area contributed by atoms with Crippen LogP contribution >= 0.6 is 23.2 Å². The molecule has 1 amide bonds. The van der Waals surface area contributed by atoms with Crippen LogP contribution in [0.5, 0.6) is 5.75 Å². The number of amides is 1. The molecule has 0 aliphatic carbocycles. The summed E-state index contributed by atoms with van der Waals surface area (Å²) in [5.41, 5.74) is 1.20. The molecule has 7 heteroatoms. The Morgan fingerprint density at radius 1 is 1.04 bits per heavy atom. The zero-order valence-corrected chi connectivity index (χ0v) is 15.6. The second-order valence-corrected chi connectivity index (χ2v) is 6.99. The summed E-state index contributed by atoms with van der Waals surface area (Å²) in [4.78, 5) is 16.4. The molecule has 1 saturated heterocycles. The Hall–Kier alpha value is -1.82. The Balaban J connectivity index is 1.45. The minimum atomic E-state index is -0.439. The van der Waals surface area contributed by atoms with Crippen LogP contribution in [0.2, 0.25) is 10.0 Å². The molecule has 1 fully saturated rings. The summed E-state index contributed by atoms with van der Waals surface area (Å²) in [7, 11) is 0. The average Bonchev–Trinajstić information content (AvgIpc) is 2.63. The Kier molecular flexibility index (Phi) is 6.35. The molecule has 2 aromatic rings. The lowest BCUT2D eigenvalue weighted by molar-refractivity contribution is -0.135. The largest absolute Gasteiger partial charge is 0.482 e. The van der Waals surface area contributed by atoms with Crippen molar-refractivity contribution < 1.29 is 13.9 Å². The number of carbonyl (C=O) groups excluding carboxylic acids is 1. The maximum atomic E-state index is 13.0. The van der Waals surface area contributed by atoms with Crippen molar-refractivity contribution in [3.05, 3.63) is 63.9 Å². The van der Waals surface area contributed by atoms with E-state index >= 15 is 0 Å². The fourth-order valence-corrected chi connectivity index (χ4v) is 3.17. The van der Waals surface area contributed by atoms with Gasteiger partial charge >= 0.3 is 0 Å². The van der Waals surface area contributed by atoms with E-state index in [4.69, 9.17) is 27.9 Å². The molecule has 138 valence electrons. The molecule has 0 bridgehead atoms. The van der Waals surface area contributed by atoms with Gasteiger partial charge in [-0.15, -0.1) is 0 Å². The summed E-state index contributed by atoms with van der Waals surface area (Å²) in [6, 6.07) is 11.6. The Labute approximate surface area is 162 Å². The van der Waals surface area contributed by atoms with E-state index in [2.05, 4.69) is 4.90 Å². The summed E-state index contributed by atoms with van der Waals surface area (Å²) in [6.07, 6.45) is 0. The highest BCUT2D eigenvalue weighted by Crippen LogP contribution is 2.24. The lowest BCUT2D eigenvalue weighted by atomic mass is 10.2. The van der Waals surface area contributed by atoms with E-state index in [1.807, 2.05) is 24.3 Å². The number of hydrogen-bond acceptors (Lipinski definition) is 3. The number of hydrogen-bond donors (Lipinski definition) is 0. The smallest absolute Gasteiger partial charge is 0.260 e. The van der Waals surface area contributed by atoms with E-state index in [1.165, 1.54) is 17.7 Å². The molecule has 0 N–H and O–H groups in total. The minimum absolute atomic E-state index is 0.100. The first-order valence-corrected chi connectivity index (χ1v) is 9.09. The molecule has 0 spiro atoms. The van der Waals surface area contributed by atoms with E-state index < -0.39 is 5.82 Å². The topological polar surface area (TPSA) is 32.8 Å². The van der Waals surface area contributed by atoms with Gasteiger partial charge in [0.2, 0.25) is 0 Å². The van der Waals surface area contributed by atoms with E-state index in [9.17, 15) is 9.18 Å². The van der Waals surface area contributed by atoms with Crippen LogP contribution < -0.4 is 4.74 Å². The van der Waals surface area contributed by atoms with Crippen LogP contribution in [0.15, 0.2) is 42.5 Å². The van der Waals surface area contributed by atoms with Gasteiger partial charge in [-0.3, -0.25) is 9.69 Å². The molecule has 1 heterocycles. The summed E-state index contributed by atoms with van der Waals surface area (Å²) in [5.74, 6) is -0.232. The van der Waals surface area contributed by atoms with Gasteiger partial charge in [0.05, 0.1) is 5.02 Å². The van der Waals surface area contributed by atoms with E-state index in [0.717, 1.165) is 30.7 Å². The van der Waals surface area contributed by atoms with E-state index in [0.29, 0.717) is 18.8 Å². The van der Waals surface area contributed by atoms with Crippen LogP contribution in [0.1, 0.15) is 5.56 Å². The first-order chi connectivity index (χ1) is 12.5. The van der Waals surface area contributed by atoms with Crippen molar-refractivity contribution >= 4 is 29.1 Å². The molecular weight excluding hydrogens is 378 g/mol. The van der Waals surface area contributed by atoms with Crippen molar-refractivity contribution in [3.8, 4) is 5.75 Å². The number of nitrogens with zero attached hydrogens (tertiary/aromatic N) is 2. The van der Waals surface area contributed by atoms with Crippen LogP contribution in [-0.2, 0) is 11.3 Å². The standard InChI is InChI=1S/C19H19Cl2FN2O2/c20-15-3-1-14(2-4-15)12-23-7-9-24(10-8-23)19(25)13-26-18-6-5-16(22)11-17(18)21/h1-6,11H,7-10,12-13H2. The third-order valence-corrected chi connectivity index (χ3v) is 4.84. The molecule has 1 aliphatic heterocycles. The summed E-state index contributed by atoms with van der Waals surface area (Å²) >= 11 is 11.8. The number of benzene rings is 2. The molecule has 0 atom stereocenters. The molecule has 26 heavy (non-hydrogen) atoms. The lowest BCUT2D eigenvalue weighted by Gasteiger charge is -2.34. The Morgan fingerprint density at radius 2 is 1.73 bits per heavy atom. The zero-order valence-electron chi connectivity index (χ0n) is 14.1. The number of carbonyl (C=O) groups is 1. The van der Waals surface area contributed by atoms with Crippen molar-refractivity contribution in [2.45, 2.75) is 6.54 Å². The monoisotopic (exact) mass is 396 g/mol. The van der Waals surface area contributed by atoms with Crippen LogP contribution in [0, 0.1) is 5.82 Å². The molecular formula is C19H19Cl2FN2O2. The van der Waals surface area contributed by atoms with Gasteiger partial charge in [-0.05, 0) is 35.9 Å². The number of ether oxygens (including phenoxy) is 1. The predicted octanol–water partition coefficient (Wildman–Crippen LogP) is 3.86. The summed E-state index contributed by atoms with van der Waals surface area (Å²) in [5, 5.41) is 0.885. The second kappa shape index (κ2) is 8.71. The fraction of sp³-hybridized carbons (Fsp3) is 0.316.